The molecule has 0 saturated heterocycles. The summed E-state index contributed by atoms with van der Waals surface area (Å²) in [7, 11) is 0. The van der Waals surface area contributed by atoms with E-state index in [1.807, 2.05) is 30.8 Å². The van der Waals surface area contributed by atoms with E-state index in [4.69, 9.17) is 24.3 Å². The lowest BCUT2D eigenvalue weighted by Crippen LogP contribution is -2.39. The second-order valence-corrected chi connectivity index (χ2v) is 8.97. The van der Waals surface area contributed by atoms with E-state index < -0.39 is 24.3 Å². The minimum atomic E-state index is -5.08. The smallest absolute Gasteiger partial charge is 0.475 e. The quantitative estimate of drug-likeness (QED) is 0.460. The van der Waals surface area contributed by atoms with Gasteiger partial charge in [0.2, 0.25) is 5.91 Å². The van der Waals surface area contributed by atoms with Crippen LogP contribution in [0, 0.1) is 25.7 Å². The molecule has 0 radical (unpaired) electrons. The van der Waals surface area contributed by atoms with Crippen molar-refractivity contribution in [3.05, 3.63) is 35.0 Å². The summed E-state index contributed by atoms with van der Waals surface area (Å²) in [4.78, 5) is 32.8. The molecule has 11 nitrogen and oxygen atoms in total. The van der Waals surface area contributed by atoms with Crippen LogP contribution in [-0.4, -0.2) is 73.3 Å². The number of hydrogen-bond donors (Lipinski definition) is 3. The third-order valence-electron chi connectivity index (χ3n) is 5.74. The number of alkyl halides is 6. The van der Waals surface area contributed by atoms with Crippen LogP contribution in [0.5, 0.6) is 0 Å². The summed E-state index contributed by atoms with van der Waals surface area (Å²) >= 11 is 0. The van der Waals surface area contributed by atoms with Crippen molar-refractivity contribution >= 4 is 17.8 Å². The van der Waals surface area contributed by atoms with E-state index in [9.17, 15) is 31.1 Å². The molecule has 2 aromatic heterocycles. The number of fused-ring (bicyclic) bond motifs is 1. The summed E-state index contributed by atoms with van der Waals surface area (Å²) < 4.78 is 70.7. The Hall–Kier alpha value is -3.63. The summed E-state index contributed by atoms with van der Waals surface area (Å²) in [6, 6.07) is 2.03. The van der Waals surface area contributed by atoms with Gasteiger partial charge in [-0.25, -0.2) is 9.59 Å². The lowest BCUT2D eigenvalue weighted by Gasteiger charge is -2.23. The largest absolute Gasteiger partial charge is 0.490 e. The zero-order valence-corrected chi connectivity index (χ0v) is 20.8. The van der Waals surface area contributed by atoms with Crippen LogP contribution in [0.2, 0.25) is 0 Å². The number of carbonyl (C=O) groups is 3. The molecule has 17 heteroatoms. The van der Waals surface area contributed by atoms with Gasteiger partial charge in [-0.2, -0.15) is 31.4 Å². The number of carbonyl (C=O) groups excluding carboxylic acids is 1. The van der Waals surface area contributed by atoms with Crippen molar-refractivity contribution in [2.75, 3.05) is 13.1 Å². The molecule has 0 bridgehead atoms. The van der Waals surface area contributed by atoms with Crippen molar-refractivity contribution in [3.8, 4) is 0 Å². The van der Waals surface area contributed by atoms with Gasteiger partial charge < -0.3 is 20.1 Å². The third-order valence-corrected chi connectivity index (χ3v) is 5.74. The SMILES string of the molecule is Cc1noc(C)c1CN1Cc2ccnn2CC(C(=O)NCC2CC2)C1.O=C(O)C(F)(F)F.O=C(O)C(F)(F)F. The van der Waals surface area contributed by atoms with Crippen molar-refractivity contribution in [1.82, 2.24) is 25.2 Å². The van der Waals surface area contributed by atoms with Gasteiger partial charge in [-0.1, -0.05) is 5.16 Å². The maximum Gasteiger partial charge on any atom is 0.490 e. The Morgan fingerprint density at radius 3 is 2.08 bits per heavy atom. The molecule has 1 aliphatic carbocycles. The van der Waals surface area contributed by atoms with Crippen molar-refractivity contribution in [1.29, 1.82) is 0 Å². The number of aromatic nitrogens is 3. The molecule has 2 aliphatic rings. The average molecular weight is 571 g/mol. The van der Waals surface area contributed by atoms with Gasteiger partial charge in [-0.05, 0) is 38.7 Å². The summed E-state index contributed by atoms with van der Waals surface area (Å²) in [5, 5.41) is 25.8. The van der Waals surface area contributed by atoms with E-state index in [-0.39, 0.29) is 11.8 Å². The van der Waals surface area contributed by atoms with Gasteiger partial charge in [-0.3, -0.25) is 14.4 Å². The fourth-order valence-corrected chi connectivity index (χ4v) is 3.48. The lowest BCUT2D eigenvalue weighted by molar-refractivity contribution is -0.193. The third kappa shape index (κ3) is 10.2. The fraction of sp³-hybridized carbons (Fsp3) is 0.591. The highest BCUT2D eigenvalue weighted by molar-refractivity contribution is 5.79. The fourth-order valence-electron chi connectivity index (χ4n) is 3.48. The molecule has 39 heavy (non-hydrogen) atoms. The van der Waals surface area contributed by atoms with Crippen LogP contribution in [0.25, 0.3) is 0 Å². The molecule has 1 aliphatic heterocycles. The van der Waals surface area contributed by atoms with Gasteiger partial charge in [0.05, 0.1) is 23.9 Å². The Bertz CT molecular complexity index is 1100. The van der Waals surface area contributed by atoms with E-state index in [1.54, 1.807) is 0 Å². The molecular formula is C22H27F6N5O6. The second-order valence-electron chi connectivity index (χ2n) is 8.97. The van der Waals surface area contributed by atoms with E-state index >= 15 is 0 Å². The van der Waals surface area contributed by atoms with Crippen LogP contribution >= 0.6 is 0 Å². The molecule has 218 valence electrons. The molecule has 1 saturated carbocycles. The number of aryl methyl sites for hydroxylation is 2. The molecule has 0 aromatic carbocycles. The van der Waals surface area contributed by atoms with Crippen LogP contribution in [0.3, 0.4) is 0 Å². The number of halogens is 6. The standard InChI is InChI=1S/C18H25N5O2.2C2HF3O2/c1-12-17(13(2)25-21-12)11-22-8-15(18(24)19-7-14-3-4-14)9-23-16(10-22)5-6-20-23;2*3-2(4,5)1(6)7/h5-6,14-15H,3-4,7-11H2,1-2H3,(H,19,24);2*(H,6,7). The van der Waals surface area contributed by atoms with Crippen LogP contribution in [0.15, 0.2) is 16.8 Å². The molecule has 4 rings (SSSR count). The Labute approximate surface area is 217 Å². The summed E-state index contributed by atoms with van der Waals surface area (Å²) in [5.74, 6) is -3.93. The van der Waals surface area contributed by atoms with Crippen LogP contribution in [-0.2, 0) is 34.0 Å². The molecule has 2 aromatic rings. The number of nitrogens with zero attached hydrogens (tertiary/aromatic N) is 4. The topological polar surface area (TPSA) is 151 Å². The van der Waals surface area contributed by atoms with Crippen molar-refractivity contribution < 1.29 is 55.5 Å². The van der Waals surface area contributed by atoms with Crippen molar-refractivity contribution in [2.45, 2.75) is 58.7 Å². The number of rotatable bonds is 5. The average Bonchev–Trinajstić information content (AvgIpc) is 3.52. The number of hydrogen-bond acceptors (Lipinski definition) is 7. The highest BCUT2D eigenvalue weighted by Crippen LogP contribution is 2.28. The predicted octanol–water partition coefficient (Wildman–Crippen LogP) is 2.91. The Morgan fingerprint density at radius 1 is 1.05 bits per heavy atom. The normalized spacial score (nSPS) is 17.5. The van der Waals surface area contributed by atoms with E-state index in [0.29, 0.717) is 19.0 Å². The van der Waals surface area contributed by atoms with Crippen molar-refractivity contribution in [2.24, 2.45) is 11.8 Å². The van der Waals surface area contributed by atoms with Crippen LogP contribution < -0.4 is 5.32 Å². The summed E-state index contributed by atoms with van der Waals surface area (Å²) in [5.41, 5.74) is 3.18. The molecule has 3 heterocycles. The Morgan fingerprint density at radius 2 is 1.62 bits per heavy atom. The van der Waals surface area contributed by atoms with Gasteiger partial charge in [0.1, 0.15) is 5.76 Å². The Kier molecular flexibility index (Phi) is 10.5. The molecule has 0 spiro atoms. The predicted molar refractivity (Wildman–Crippen MR) is 119 cm³/mol. The van der Waals surface area contributed by atoms with E-state index in [0.717, 1.165) is 42.3 Å². The van der Waals surface area contributed by atoms with Crippen molar-refractivity contribution in [3.63, 3.8) is 0 Å². The zero-order valence-electron chi connectivity index (χ0n) is 20.8. The lowest BCUT2D eigenvalue weighted by atomic mass is 10.1. The first-order chi connectivity index (χ1) is 18.0. The highest BCUT2D eigenvalue weighted by Gasteiger charge is 2.39. The maximum absolute atomic E-state index is 12.7. The number of amides is 1. The minimum absolute atomic E-state index is 0.0969. The number of nitrogens with one attached hydrogen (secondary N) is 1. The van der Waals surface area contributed by atoms with E-state index in [1.165, 1.54) is 12.8 Å². The number of carboxylic acid groups (broad SMARTS) is 2. The van der Waals surface area contributed by atoms with Crippen LogP contribution in [0.1, 0.15) is 35.6 Å². The first-order valence-corrected chi connectivity index (χ1v) is 11.5. The minimum Gasteiger partial charge on any atom is -0.475 e. The van der Waals surface area contributed by atoms with Gasteiger partial charge >= 0.3 is 24.3 Å². The zero-order chi connectivity index (χ0) is 29.5. The highest BCUT2D eigenvalue weighted by atomic mass is 19.4. The van der Waals surface area contributed by atoms with E-state index in [2.05, 4.69) is 20.5 Å². The van der Waals surface area contributed by atoms with Gasteiger partial charge in [0.15, 0.2) is 0 Å². The number of carboxylic acids is 2. The molecule has 1 amide bonds. The monoisotopic (exact) mass is 571 g/mol. The summed E-state index contributed by atoms with van der Waals surface area (Å²) in [6.07, 6.45) is -5.87. The molecule has 1 atom stereocenters. The molecule has 1 fully saturated rings. The maximum atomic E-state index is 12.7. The number of aliphatic carboxylic acids is 2. The first kappa shape index (κ1) is 31.6. The van der Waals surface area contributed by atoms with Gasteiger partial charge in [0, 0.05) is 37.9 Å². The molecule has 1 unspecified atom stereocenters. The molecular weight excluding hydrogens is 544 g/mol. The van der Waals surface area contributed by atoms with Crippen LogP contribution in [0.4, 0.5) is 26.3 Å². The first-order valence-electron chi connectivity index (χ1n) is 11.5. The second kappa shape index (κ2) is 12.9. The Balaban J connectivity index is 0.000000317. The van der Waals surface area contributed by atoms with Gasteiger partial charge in [-0.15, -0.1) is 0 Å². The summed E-state index contributed by atoms with van der Waals surface area (Å²) in [6.45, 7) is 7.58. The van der Waals surface area contributed by atoms with Gasteiger partial charge in [0.25, 0.3) is 0 Å². The molecule has 3 N–H and O–H groups in total.